The van der Waals surface area contributed by atoms with Crippen LogP contribution in [0.2, 0.25) is 0 Å². The number of hydrogen-bond acceptors (Lipinski definition) is 2. The van der Waals surface area contributed by atoms with Crippen molar-refractivity contribution in [2.75, 3.05) is 26.2 Å². The van der Waals surface area contributed by atoms with Gasteiger partial charge in [-0.15, -0.1) is 0 Å². The molecule has 0 spiro atoms. The molecule has 1 heterocycles. The lowest BCUT2D eigenvalue weighted by Crippen LogP contribution is -2.50. The fraction of sp³-hybridized carbons (Fsp3) is 0.333. The molecule has 0 radical (unpaired) electrons. The van der Waals surface area contributed by atoms with Gasteiger partial charge in [-0.3, -0.25) is 9.59 Å². The maximum Gasteiger partial charge on any atom is 0.254 e. The van der Waals surface area contributed by atoms with E-state index >= 15 is 0 Å². The molecule has 0 aromatic heterocycles. The summed E-state index contributed by atoms with van der Waals surface area (Å²) in [5, 5.41) is 0. The fourth-order valence-corrected chi connectivity index (χ4v) is 3.26. The van der Waals surface area contributed by atoms with E-state index in [0.29, 0.717) is 32.6 Å². The van der Waals surface area contributed by atoms with Gasteiger partial charge in [-0.1, -0.05) is 37.3 Å². The van der Waals surface area contributed by atoms with Gasteiger partial charge in [0.05, 0.1) is 0 Å². The van der Waals surface area contributed by atoms with Crippen molar-refractivity contribution in [2.45, 2.75) is 19.3 Å². The predicted octanol–water partition coefficient (Wildman–Crippen LogP) is 3.44. The van der Waals surface area contributed by atoms with E-state index in [9.17, 15) is 18.4 Å². The summed E-state index contributed by atoms with van der Waals surface area (Å²) in [6, 6.07) is 13.0. The largest absolute Gasteiger partial charge is 0.339 e. The molecule has 6 heteroatoms. The van der Waals surface area contributed by atoms with Crippen LogP contribution in [0.5, 0.6) is 0 Å². The summed E-state index contributed by atoms with van der Waals surface area (Å²) >= 11 is 0. The quantitative estimate of drug-likeness (QED) is 0.825. The second-order valence-electron chi connectivity index (χ2n) is 6.82. The van der Waals surface area contributed by atoms with E-state index in [1.807, 2.05) is 37.3 Å². The second kappa shape index (κ2) is 8.29. The van der Waals surface area contributed by atoms with E-state index < -0.39 is 11.6 Å². The SMILES string of the molecule is CC(CC(=O)N1CCN(C(=O)c2ccc(F)c(F)c2)CC1)c1ccccc1. The lowest BCUT2D eigenvalue weighted by Gasteiger charge is -2.35. The minimum atomic E-state index is -1.04. The Balaban J connectivity index is 1.54. The van der Waals surface area contributed by atoms with Crippen LogP contribution in [0.4, 0.5) is 8.78 Å². The molecule has 1 aliphatic heterocycles. The van der Waals surface area contributed by atoms with Crippen LogP contribution < -0.4 is 0 Å². The van der Waals surface area contributed by atoms with Crippen molar-refractivity contribution < 1.29 is 18.4 Å². The van der Waals surface area contributed by atoms with Crippen LogP contribution in [0.1, 0.15) is 35.2 Å². The Hall–Kier alpha value is -2.76. The average molecular weight is 372 g/mol. The summed E-state index contributed by atoms with van der Waals surface area (Å²) in [5.74, 6) is -2.18. The smallest absolute Gasteiger partial charge is 0.254 e. The van der Waals surface area contributed by atoms with E-state index in [0.717, 1.165) is 17.7 Å². The van der Waals surface area contributed by atoms with Gasteiger partial charge >= 0.3 is 0 Å². The third-order valence-electron chi connectivity index (χ3n) is 4.94. The molecule has 1 fully saturated rings. The number of amides is 2. The van der Waals surface area contributed by atoms with E-state index in [-0.39, 0.29) is 23.3 Å². The number of benzene rings is 2. The van der Waals surface area contributed by atoms with Gasteiger partial charge in [0, 0.05) is 38.2 Å². The number of rotatable bonds is 4. The number of nitrogens with zero attached hydrogens (tertiary/aromatic N) is 2. The van der Waals surface area contributed by atoms with Crippen LogP contribution in [0, 0.1) is 11.6 Å². The normalized spacial score (nSPS) is 15.5. The van der Waals surface area contributed by atoms with Gasteiger partial charge in [-0.2, -0.15) is 0 Å². The zero-order valence-electron chi connectivity index (χ0n) is 15.2. The van der Waals surface area contributed by atoms with Crippen LogP contribution in [0.25, 0.3) is 0 Å². The molecular weight excluding hydrogens is 350 g/mol. The highest BCUT2D eigenvalue weighted by Gasteiger charge is 2.26. The van der Waals surface area contributed by atoms with E-state index in [1.165, 1.54) is 6.07 Å². The lowest BCUT2D eigenvalue weighted by atomic mass is 9.97. The van der Waals surface area contributed by atoms with Crippen molar-refractivity contribution in [3.05, 3.63) is 71.3 Å². The maximum atomic E-state index is 13.3. The van der Waals surface area contributed by atoms with E-state index in [2.05, 4.69) is 0 Å². The highest BCUT2D eigenvalue weighted by Crippen LogP contribution is 2.20. The predicted molar refractivity (Wildman–Crippen MR) is 98.3 cm³/mol. The Kier molecular flexibility index (Phi) is 5.84. The Bertz CT molecular complexity index is 818. The standard InChI is InChI=1S/C21H22F2N2O2/c1-15(16-5-3-2-4-6-16)13-20(26)24-9-11-25(12-10-24)21(27)17-7-8-18(22)19(23)14-17/h2-8,14-15H,9-13H2,1H3. The van der Waals surface area contributed by atoms with E-state index in [4.69, 9.17) is 0 Å². The van der Waals surface area contributed by atoms with Gasteiger partial charge in [0.15, 0.2) is 11.6 Å². The molecule has 3 rings (SSSR count). The first kappa shape index (κ1) is 19.0. The number of halogens is 2. The van der Waals surface area contributed by atoms with Crippen LogP contribution >= 0.6 is 0 Å². The first-order valence-electron chi connectivity index (χ1n) is 9.02. The van der Waals surface area contributed by atoms with Crippen molar-refractivity contribution in [1.82, 2.24) is 9.80 Å². The molecule has 1 unspecified atom stereocenters. The summed E-state index contributed by atoms with van der Waals surface area (Å²) in [6.45, 7) is 3.66. The molecule has 1 saturated heterocycles. The molecule has 1 atom stereocenters. The first-order chi connectivity index (χ1) is 13.0. The Labute approximate surface area is 157 Å². The lowest BCUT2D eigenvalue weighted by molar-refractivity contribution is -0.133. The summed E-state index contributed by atoms with van der Waals surface area (Å²) in [4.78, 5) is 28.3. The second-order valence-corrected chi connectivity index (χ2v) is 6.82. The van der Waals surface area contributed by atoms with Crippen molar-refractivity contribution in [2.24, 2.45) is 0 Å². The topological polar surface area (TPSA) is 40.6 Å². The molecule has 0 aliphatic carbocycles. The van der Waals surface area contributed by atoms with Crippen molar-refractivity contribution in [3.8, 4) is 0 Å². The monoisotopic (exact) mass is 372 g/mol. The first-order valence-corrected chi connectivity index (χ1v) is 9.02. The van der Waals surface area contributed by atoms with Crippen molar-refractivity contribution in [3.63, 3.8) is 0 Å². The molecule has 2 amide bonds. The van der Waals surface area contributed by atoms with Crippen LogP contribution in [-0.4, -0.2) is 47.8 Å². The van der Waals surface area contributed by atoms with Crippen molar-refractivity contribution in [1.29, 1.82) is 0 Å². The third kappa shape index (κ3) is 4.51. The summed E-state index contributed by atoms with van der Waals surface area (Å²) in [6.07, 6.45) is 0.418. The van der Waals surface area contributed by atoms with Crippen LogP contribution in [-0.2, 0) is 4.79 Å². The molecule has 2 aromatic carbocycles. The summed E-state index contributed by atoms with van der Waals surface area (Å²) in [5.41, 5.74) is 1.24. The minimum absolute atomic E-state index is 0.0614. The number of carbonyl (C=O) groups is 2. The molecule has 1 aliphatic rings. The summed E-state index contributed by atoms with van der Waals surface area (Å²) in [7, 11) is 0. The zero-order valence-corrected chi connectivity index (χ0v) is 15.2. The van der Waals surface area contributed by atoms with Gasteiger partial charge in [0.25, 0.3) is 5.91 Å². The Morgan fingerprint density at radius 2 is 1.56 bits per heavy atom. The Morgan fingerprint density at radius 1 is 0.926 bits per heavy atom. The fourth-order valence-electron chi connectivity index (χ4n) is 3.26. The molecule has 2 aromatic rings. The third-order valence-corrected chi connectivity index (χ3v) is 4.94. The van der Waals surface area contributed by atoms with Gasteiger partial charge in [-0.05, 0) is 29.7 Å². The van der Waals surface area contributed by atoms with Crippen molar-refractivity contribution >= 4 is 11.8 Å². The van der Waals surface area contributed by atoms with Gasteiger partial charge < -0.3 is 9.80 Å². The molecule has 0 saturated carbocycles. The van der Waals surface area contributed by atoms with Crippen LogP contribution in [0.15, 0.2) is 48.5 Å². The number of carbonyl (C=O) groups excluding carboxylic acids is 2. The number of hydrogen-bond donors (Lipinski definition) is 0. The zero-order chi connectivity index (χ0) is 19.4. The highest BCUT2D eigenvalue weighted by molar-refractivity contribution is 5.94. The molecular formula is C21H22F2N2O2. The molecule has 142 valence electrons. The molecule has 0 bridgehead atoms. The minimum Gasteiger partial charge on any atom is -0.339 e. The Morgan fingerprint density at radius 3 is 2.19 bits per heavy atom. The average Bonchev–Trinajstić information content (AvgIpc) is 2.70. The molecule has 27 heavy (non-hydrogen) atoms. The van der Waals surface area contributed by atoms with Crippen LogP contribution in [0.3, 0.4) is 0 Å². The van der Waals surface area contributed by atoms with Gasteiger partial charge in [0.1, 0.15) is 0 Å². The summed E-state index contributed by atoms with van der Waals surface area (Å²) < 4.78 is 26.4. The number of piperazine rings is 1. The molecule has 4 nitrogen and oxygen atoms in total. The molecule has 0 N–H and O–H groups in total. The highest BCUT2D eigenvalue weighted by atomic mass is 19.2. The van der Waals surface area contributed by atoms with E-state index in [1.54, 1.807) is 9.80 Å². The van der Waals surface area contributed by atoms with Gasteiger partial charge in [0.2, 0.25) is 5.91 Å². The van der Waals surface area contributed by atoms with Gasteiger partial charge in [-0.25, -0.2) is 8.78 Å². The maximum absolute atomic E-state index is 13.3.